The molecule has 0 fully saturated rings. The number of likely N-dealkylation sites (N-methyl/N-ethyl adjacent to an activating group) is 1. The van der Waals surface area contributed by atoms with Crippen LogP contribution in [0.1, 0.15) is 29.2 Å². The summed E-state index contributed by atoms with van der Waals surface area (Å²) in [6.07, 6.45) is 0.155. The number of nitrogens with zero attached hydrogens (tertiary/aromatic N) is 2. The summed E-state index contributed by atoms with van der Waals surface area (Å²) in [6, 6.07) is 27.3. The first-order valence-electron chi connectivity index (χ1n) is 14.1. The fourth-order valence-electron chi connectivity index (χ4n) is 4.79. The molecule has 0 aliphatic carbocycles. The second-order valence-electron chi connectivity index (χ2n) is 10.3. The molecule has 7 nitrogen and oxygen atoms in total. The molecule has 43 heavy (non-hydrogen) atoms. The van der Waals surface area contributed by atoms with Crippen molar-refractivity contribution in [3.8, 4) is 0 Å². The highest BCUT2D eigenvalue weighted by molar-refractivity contribution is 7.92. The highest BCUT2D eigenvalue weighted by Gasteiger charge is 2.34. The average Bonchev–Trinajstić information content (AvgIpc) is 3.01. The summed E-state index contributed by atoms with van der Waals surface area (Å²) in [6.45, 7) is 5.04. The van der Waals surface area contributed by atoms with E-state index in [9.17, 15) is 22.4 Å². The maximum atomic E-state index is 14.9. The van der Waals surface area contributed by atoms with Gasteiger partial charge in [0.25, 0.3) is 10.0 Å². The summed E-state index contributed by atoms with van der Waals surface area (Å²) in [5.41, 5.74) is 3.14. The lowest BCUT2D eigenvalue weighted by molar-refractivity contribution is -0.140. The van der Waals surface area contributed by atoms with E-state index in [0.717, 1.165) is 21.0 Å². The lowest BCUT2D eigenvalue weighted by Crippen LogP contribution is -2.53. The lowest BCUT2D eigenvalue weighted by atomic mass is 10.0. The molecule has 0 saturated carbocycles. The zero-order chi connectivity index (χ0) is 31.0. The van der Waals surface area contributed by atoms with Crippen molar-refractivity contribution >= 4 is 27.5 Å². The van der Waals surface area contributed by atoms with Crippen LogP contribution in [0.15, 0.2) is 108 Å². The monoisotopic (exact) mass is 601 g/mol. The Morgan fingerprint density at radius 2 is 1.47 bits per heavy atom. The van der Waals surface area contributed by atoms with Gasteiger partial charge < -0.3 is 10.2 Å². The van der Waals surface area contributed by atoms with Crippen LogP contribution in [0, 0.1) is 19.7 Å². The Bertz CT molecular complexity index is 1660. The van der Waals surface area contributed by atoms with Crippen LogP contribution in [0.4, 0.5) is 10.1 Å². The van der Waals surface area contributed by atoms with Gasteiger partial charge in [0.05, 0.1) is 10.6 Å². The van der Waals surface area contributed by atoms with Crippen molar-refractivity contribution in [2.45, 2.75) is 44.7 Å². The van der Waals surface area contributed by atoms with E-state index in [2.05, 4.69) is 5.32 Å². The highest BCUT2D eigenvalue weighted by Crippen LogP contribution is 2.27. The molecule has 4 aromatic carbocycles. The molecule has 4 aromatic rings. The number of benzene rings is 4. The molecule has 0 saturated heterocycles. The summed E-state index contributed by atoms with van der Waals surface area (Å²) in [5, 5.41) is 2.80. The number of rotatable bonds is 12. The van der Waals surface area contributed by atoms with E-state index in [1.165, 1.54) is 23.1 Å². The molecule has 0 heterocycles. The fraction of sp³-hybridized carbons (Fsp3) is 0.235. The molecule has 0 aromatic heterocycles. The van der Waals surface area contributed by atoms with Gasteiger partial charge in [0.1, 0.15) is 18.4 Å². The SMILES string of the molecule is CCNC(=O)C(Cc1ccccc1)N(Cc1ccccc1F)C(=O)CN(c1ccc(C)c(C)c1)S(=O)(=O)c1ccccc1. The topological polar surface area (TPSA) is 86.8 Å². The van der Waals surface area contributed by atoms with Gasteiger partial charge in [-0.3, -0.25) is 13.9 Å². The van der Waals surface area contributed by atoms with Crippen LogP contribution in [0.5, 0.6) is 0 Å². The maximum absolute atomic E-state index is 14.9. The van der Waals surface area contributed by atoms with Gasteiger partial charge in [0.2, 0.25) is 11.8 Å². The molecule has 0 aliphatic rings. The van der Waals surface area contributed by atoms with Gasteiger partial charge in [-0.15, -0.1) is 0 Å². The van der Waals surface area contributed by atoms with Crippen molar-refractivity contribution in [1.82, 2.24) is 10.2 Å². The van der Waals surface area contributed by atoms with Gasteiger partial charge in [0.15, 0.2) is 0 Å². The van der Waals surface area contributed by atoms with E-state index in [1.54, 1.807) is 61.5 Å². The zero-order valence-corrected chi connectivity index (χ0v) is 25.4. The number of anilines is 1. The average molecular weight is 602 g/mol. The Kier molecular flexibility index (Phi) is 10.3. The predicted octanol–water partition coefficient (Wildman–Crippen LogP) is 5.41. The molecule has 0 aliphatic heterocycles. The van der Waals surface area contributed by atoms with E-state index in [4.69, 9.17) is 0 Å². The summed E-state index contributed by atoms with van der Waals surface area (Å²) in [5.74, 6) is -1.59. The number of nitrogens with one attached hydrogen (secondary N) is 1. The normalized spacial score (nSPS) is 11.9. The molecular formula is C34H36FN3O4S. The van der Waals surface area contributed by atoms with Crippen LogP contribution in [0.25, 0.3) is 0 Å². The predicted molar refractivity (Wildman–Crippen MR) is 166 cm³/mol. The van der Waals surface area contributed by atoms with Gasteiger partial charge >= 0.3 is 0 Å². The number of amides is 2. The molecule has 4 rings (SSSR count). The quantitative estimate of drug-likeness (QED) is 0.235. The Labute approximate surface area is 253 Å². The molecule has 1 N–H and O–H groups in total. The first-order chi connectivity index (χ1) is 20.6. The summed E-state index contributed by atoms with van der Waals surface area (Å²) < 4.78 is 44.0. The second kappa shape index (κ2) is 14.1. The Morgan fingerprint density at radius 1 is 0.837 bits per heavy atom. The molecule has 0 bridgehead atoms. The molecule has 224 valence electrons. The van der Waals surface area contributed by atoms with Gasteiger partial charge in [-0.25, -0.2) is 12.8 Å². The van der Waals surface area contributed by atoms with Gasteiger partial charge in [-0.05, 0) is 67.8 Å². The van der Waals surface area contributed by atoms with Crippen molar-refractivity contribution in [2.75, 3.05) is 17.4 Å². The molecule has 1 unspecified atom stereocenters. The van der Waals surface area contributed by atoms with Gasteiger partial charge in [-0.1, -0.05) is 72.8 Å². The van der Waals surface area contributed by atoms with E-state index in [-0.39, 0.29) is 23.4 Å². The van der Waals surface area contributed by atoms with Gasteiger partial charge in [-0.2, -0.15) is 0 Å². The molecular weight excluding hydrogens is 565 g/mol. The van der Waals surface area contributed by atoms with E-state index < -0.39 is 40.2 Å². The molecule has 0 radical (unpaired) electrons. The smallest absolute Gasteiger partial charge is 0.264 e. The van der Waals surface area contributed by atoms with Crippen molar-refractivity contribution in [2.24, 2.45) is 0 Å². The summed E-state index contributed by atoms with van der Waals surface area (Å²) >= 11 is 0. The largest absolute Gasteiger partial charge is 0.355 e. The maximum Gasteiger partial charge on any atom is 0.264 e. The second-order valence-corrected chi connectivity index (χ2v) is 12.2. The minimum absolute atomic E-state index is 0.0197. The Hall–Kier alpha value is -4.50. The van der Waals surface area contributed by atoms with E-state index in [1.807, 2.05) is 44.2 Å². The number of hydrogen-bond acceptors (Lipinski definition) is 4. The van der Waals surface area contributed by atoms with Crippen LogP contribution < -0.4 is 9.62 Å². The van der Waals surface area contributed by atoms with Crippen LogP contribution in [0.2, 0.25) is 0 Å². The van der Waals surface area contributed by atoms with Crippen molar-refractivity contribution in [1.29, 1.82) is 0 Å². The number of carbonyl (C=O) groups is 2. The van der Waals surface area contributed by atoms with Crippen LogP contribution in [-0.2, 0) is 32.6 Å². The minimum atomic E-state index is -4.20. The number of sulfonamides is 1. The van der Waals surface area contributed by atoms with E-state index >= 15 is 0 Å². The fourth-order valence-corrected chi connectivity index (χ4v) is 6.21. The van der Waals surface area contributed by atoms with Crippen LogP contribution in [0.3, 0.4) is 0 Å². The third-order valence-electron chi connectivity index (χ3n) is 7.31. The van der Waals surface area contributed by atoms with Crippen molar-refractivity contribution in [3.63, 3.8) is 0 Å². The summed E-state index contributed by atoms with van der Waals surface area (Å²) in [7, 11) is -4.20. The first kappa shape index (κ1) is 31.4. The molecule has 2 amide bonds. The van der Waals surface area contributed by atoms with Crippen LogP contribution >= 0.6 is 0 Å². The highest BCUT2D eigenvalue weighted by atomic mass is 32.2. The standard InChI is InChI=1S/C34H36FN3O4S/c1-4-36-34(40)32(22-27-13-7-5-8-14-27)37(23-28-15-11-12-18-31(28)35)33(39)24-38(29-20-19-25(2)26(3)21-29)43(41,42)30-16-9-6-10-17-30/h5-21,32H,4,22-24H2,1-3H3,(H,36,40). The molecule has 1 atom stereocenters. The third kappa shape index (κ3) is 7.67. The Morgan fingerprint density at radius 3 is 2.09 bits per heavy atom. The van der Waals surface area contributed by atoms with E-state index in [0.29, 0.717) is 12.2 Å². The third-order valence-corrected chi connectivity index (χ3v) is 9.10. The van der Waals surface area contributed by atoms with Gasteiger partial charge in [0, 0.05) is 25.1 Å². The number of hydrogen-bond donors (Lipinski definition) is 1. The Balaban J connectivity index is 1.81. The summed E-state index contributed by atoms with van der Waals surface area (Å²) in [4.78, 5) is 29.1. The number of aryl methyl sites for hydroxylation is 2. The first-order valence-corrected chi connectivity index (χ1v) is 15.6. The lowest BCUT2D eigenvalue weighted by Gasteiger charge is -2.34. The minimum Gasteiger partial charge on any atom is -0.355 e. The van der Waals surface area contributed by atoms with Crippen molar-refractivity contribution in [3.05, 3.63) is 131 Å². The number of halogens is 1. The molecule has 0 spiro atoms. The zero-order valence-electron chi connectivity index (χ0n) is 24.5. The van der Waals surface area contributed by atoms with Crippen molar-refractivity contribution < 1.29 is 22.4 Å². The number of carbonyl (C=O) groups excluding carboxylic acids is 2. The van der Waals surface area contributed by atoms with Crippen LogP contribution in [-0.4, -0.2) is 44.3 Å². The molecule has 9 heteroatoms.